The zero-order chi connectivity index (χ0) is 11.3. The van der Waals surface area contributed by atoms with Crippen molar-refractivity contribution in [1.29, 1.82) is 0 Å². The molecule has 2 N–H and O–H groups in total. The van der Waals surface area contributed by atoms with Gasteiger partial charge in [-0.3, -0.25) is 0 Å². The molecule has 0 atom stereocenters. The molecule has 16 heavy (non-hydrogen) atoms. The molecule has 0 bridgehead atoms. The summed E-state index contributed by atoms with van der Waals surface area (Å²) in [5, 5.41) is 0. The van der Waals surface area contributed by atoms with Gasteiger partial charge in [-0.25, -0.2) is 4.98 Å². The first kappa shape index (κ1) is 9.70. The summed E-state index contributed by atoms with van der Waals surface area (Å²) in [5.41, 5.74) is 8.87. The highest BCUT2D eigenvalue weighted by molar-refractivity contribution is 5.80. The Hall–Kier alpha value is -1.51. The minimum Gasteiger partial charge on any atom is -0.399 e. The van der Waals surface area contributed by atoms with Crippen LogP contribution < -0.4 is 5.73 Å². The molecule has 1 aliphatic carbocycles. The molecule has 1 aliphatic rings. The lowest BCUT2D eigenvalue weighted by atomic mass is 10.2. The zero-order valence-corrected chi connectivity index (χ0v) is 9.77. The number of hydrogen-bond acceptors (Lipinski definition) is 2. The van der Waals surface area contributed by atoms with Gasteiger partial charge in [0.05, 0.1) is 11.0 Å². The summed E-state index contributed by atoms with van der Waals surface area (Å²) < 4.78 is 2.40. The molecular weight excluding hydrogens is 198 g/mol. The maximum atomic E-state index is 5.80. The molecule has 3 nitrogen and oxygen atoms in total. The van der Waals surface area contributed by atoms with E-state index in [4.69, 9.17) is 10.7 Å². The van der Waals surface area contributed by atoms with Crippen molar-refractivity contribution in [3.63, 3.8) is 0 Å². The van der Waals surface area contributed by atoms with Crippen LogP contribution in [0.5, 0.6) is 0 Å². The maximum Gasteiger partial charge on any atom is 0.112 e. The summed E-state index contributed by atoms with van der Waals surface area (Å²) in [6.45, 7) is 4.40. The molecular formula is C13H17N3. The van der Waals surface area contributed by atoms with E-state index in [-0.39, 0.29) is 0 Å². The Morgan fingerprint density at radius 1 is 1.38 bits per heavy atom. The third-order valence-electron chi connectivity index (χ3n) is 3.17. The van der Waals surface area contributed by atoms with Crippen molar-refractivity contribution in [2.75, 3.05) is 5.73 Å². The highest BCUT2D eigenvalue weighted by Crippen LogP contribution is 2.40. The van der Waals surface area contributed by atoms with Crippen LogP contribution in [0.2, 0.25) is 0 Å². The zero-order valence-electron chi connectivity index (χ0n) is 9.77. The molecule has 0 amide bonds. The molecule has 0 unspecified atom stereocenters. The summed E-state index contributed by atoms with van der Waals surface area (Å²) >= 11 is 0. The number of imidazole rings is 1. The predicted octanol–water partition coefficient (Wildman–Crippen LogP) is 3.08. The normalized spacial score (nSPS) is 16.2. The van der Waals surface area contributed by atoms with Crippen LogP contribution in [-0.2, 0) is 0 Å². The van der Waals surface area contributed by atoms with Crippen LogP contribution in [0.4, 0.5) is 5.69 Å². The minimum absolute atomic E-state index is 0.467. The second-order valence-electron chi connectivity index (χ2n) is 4.97. The lowest BCUT2D eigenvalue weighted by Gasteiger charge is -2.09. The smallest absolute Gasteiger partial charge is 0.112 e. The largest absolute Gasteiger partial charge is 0.399 e. The van der Waals surface area contributed by atoms with Gasteiger partial charge in [-0.05, 0) is 31.0 Å². The summed E-state index contributed by atoms with van der Waals surface area (Å²) in [6.07, 6.45) is 2.57. The van der Waals surface area contributed by atoms with Crippen LogP contribution in [0.15, 0.2) is 18.2 Å². The summed E-state index contributed by atoms with van der Waals surface area (Å²) in [4.78, 5) is 4.72. The molecule has 1 heterocycles. The maximum absolute atomic E-state index is 5.80. The quantitative estimate of drug-likeness (QED) is 0.782. The minimum atomic E-state index is 0.467. The van der Waals surface area contributed by atoms with E-state index >= 15 is 0 Å². The summed E-state index contributed by atoms with van der Waals surface area (Å²) in [5.74, 6) is 1.66. The van der Waals surface area contributed by atoms with Crippen LogP contribution in [-0.4, -0.2) is 9.55 Å². The third-order valence-corrected chi connectivity index (χ3v) is 3.17. The lowest BCUT2D eigenvalue weighted by Crippen LogP contribution is -2.03. The molecule has 1 aromatic heterocycles. The fourth-order valence-electron chi connectivity index (χ4n) is 2.26. The van der Waals surface area contributed by atoms with Gasteiger partial charge < -0.3 is 10.3 Å². The summed E-state index contributed by atoms with van der Waals surface area (Å²) in [6, 6.07) is 6.71. The first-order valence-electron chi connectivity index (χ1n) is 5.94. The van der Waals surface area contributed by atoms with Crippen LogP contribution in [0.1, 0.15) is 44.5 Å². The van der Waals surface area contributed by atoms with Gasteiger partial charge in [0.25, 0.3) is 0 Å². The van der Waals surface area contributed by atoms with E-state index in [2.05, 4.69) is 24.5 Å². The van der Waals surface area contributed by atoms with Crippen molar-refractivity contribution in [3.05, 3.63) is 24.0 Å². The standard InChI is InChI=1S/C13H17N3/c1-8(2)13-15-11-7-9(14)3-6-12(11)16(13)10-4-5-10/h3,6-8,10H,4-5,14H2,1-2H3. The van der Waals surface area contributed by atoms with Gasteiger partial charge in [-0.1, -0.05) is 13.8 Å². The highest BCUT2D eigenvalue weighted by Gasteiger charge is 2.28. The second-order valence-corrected chi connectivity index (χ2v) is 4.97. The number of hydrogen-bond donors (Lipinski definition) is 1. The van der Waals surface area contributed by atoms with E-state index in [0.29, 0.717) is 12.0 Å². The van der Waals surface area contributed by atoms with Crippen molar-refractivity contribution in [2.45, 2.75) is 38.6 Å². The number of rotatable bonds is 2. The van der Waals surface area contributed by atoms with Gasteiger partial charge in [0.1, 0.15) is 5.82 Å². The van der Waals surface area contributed by atoms with Gasteiger partial charge in [-0.2, -0.15) is 0 Å². The van der Waals surface area contributed by atoms with Crippen molar-refractivity contribution in [1.82, 2.24) is 9.55 Å². The molecule has 0 saturated heterocycles. The molecule has 1 saturated carbocycles. The number of nitrogens with two attached hydrogens (primary N) is 1. The monoisotopic (exact) mass is 215 g/mol. The second kappa shape index (κ2) is 3.24. The highest BCUT2D eigenvalue weighted by atomic mass is 15.1. The summed E-state index contributed by atoms with van der Waals surface area (Å²) in [7, 11) is 0. The van der Waals surface area contributed by atoms with Gasteiger partial charge in [-0.15, -0.1) is 0 Å². The van der Waals surface area contributed by atoms with Crippen LogP contribution in [0.25, 0.3) is 11.0 Å². The number of nitrogen functional groups attached to an aromatic ring is 1. The molecule has 84 valence electrons. The molecule has 0 radical (unpaired) electrons. The lowest BCUT2D eigenvalue weighted by molar-refractivity contribution is 0.654. The van der Waals surface area contributed by atoms with Crippen LogP contribution >= 0.6 is 0 Å². The SMILES string of the molecule is CC(C)c1nc2cc(N)ccc2n1C1CC1. The number of aromatic nitrogens is 2. The van der Waals surface area contributed by atoms with Gasteiger partial charge in [0.15, 0.2) is 0 Å². The van der Waals surface area contributed by atoms with Crippen molar-refractivity contribution in [2.24, 2.45) is 0 Å². The third kappa shape index (κ3) is 1.39. The molecule has 3 heteroatoms. The number of nitrogens with zero attached hydrogens (tertiary/aromatic N) is 2. The van der Waals surface area contributed by atoms with Crippen LogP contribution in [0, 0.1) is 0 Å². The predicted molar refractivity (Wildman–Crippen MR) is 66.5 cm³/mol. The Bertz CT molecular complexity index is 535. The van der Waals surface area contributed by atoms with E-state index in [9.17, 15) is 0 Å². The average Bonchev–Trinajstić information content (AvgIpc) is 2.99. The first-order chi connectivity index (χ1) is 7.66. The molecule has 3 rings (SSSR count). The fourth-order valence-corrected chi connectivity index (χ4v) is 2.26. The Balaban J connectivity index is 2.28. The number of benzene rings is 1. The first-order valence-corrected chi connectivity index (χ1v) is 5.94. The van der Waals surface area contributed by atoms with Crippen molar-refractivity contribution in [3.8, 4) is 0 Å². The fraction of sp³-hybridized carbons (Fsp3) is 0.462. The van der Waals surface area contributed by atoms with Gasteiger partial charge >= 0.3 is 0 Å². The average molecular weight is 215 g/mol. The van der Waals surface area contributed by atoms with E-state index in [0.717, 1.165) is 11.2 Å². The molecule has 1 aromatic carbocycles. The van der Waals surface area contributed by atoms with Crippen molar-refractivity contribution < 1.29 is 0 Å². The molecule has 2 aromatic rings. The van der Waals surface area contributed by atoms with E-state index in [1.165, 1.54) is 24.2 Å². The molecule has 0 aliphatic heterocycles. The Kier molecular flexibility index (Phi) is 1.96. The Morgan fingerprint density at radius 2 is 2.12 bits per heavy atom. The van der Waals surface area contributed by atoms with E-state index < -0.39 is 0 Å². The van der Waals surface area contributed by atoms with Crippen molar-refractivity contribution >= 4 is 16.7 Å². The molecule has 0 spiro atoms. The topological polar surface area (TPSA) is 43.8 Å². The van der Waals surface area contributed by atoms with Gasteiger partial charge in [0, 0.05) is 17.6 Å². The van der Waals surface area contributed by atoms with Gasteiger partial charge in [0.2, 0.25) is 0 Å². The Labute approximate surface area is 95.3 Å². The van der Waals surface area contributed by atoms with Crippen LogP contribution in [0.3, 0.4) is 0 Å². The Morgan fingerprint density at radius 3 is 2.75 bits per heavy atom. The molecule has 1 fully saturated rings. The number of anilines is 1. The number of fused-ring (bicyclic) bond motifs is 1. The van der Waals surface area contributed by atoms with E-state index in [1.807, 2.05) is 12.1 Å². The van der Waals surface area contributed by atoms with E-state index in [1.54, 1.807) is 0 Å².